The molecule has 1 aliphatic rings. The Morgan fingerprint density at radius 1 is 1.17 bits per heavy atom. The minimum Gasteiger partial charge on any atom is -0.361 e. The van der Waals surface area contributed by atoms with Crippen molar-refractivity contribution in [3.63, 3.8) is 0 Å². The topological polar surface area (TPSA) is 53.2 Å². The van der Waals surface area contributed by atoms with Gasteiger partial charge in [0.2, 0.25) is 0 Å². The van der Waals surface area contributed by atoms with Crippen LogP contribution in [0.3, 0.4) is 0 Å². The predicted molar refractivity (Wildman–Crippen MR) is 68.6 cm³/mol. The number of hydrogen-bond acceptors (Lipinski definition) is 3. The number of likely N-dealkylation sites (tertiary alicyclic amines) is 1. The van der Waals surface area contributed by atoms with Gasteiger partial charge in [-0.3, -0.25) is 14.5 Å². The first kappa shape index (κ1) is 11.2. The summed E-state index contributed by atoms with van der Waals surface area (Å²) in [5.74, 6) is -0.630. The molecule has 92 valence electrons. The lowest BCUT2D eigenvalue weighted by Gasteiger charge is -2.26. The minimum atomic E-state index is -0.600. The number of likely N-dealkylation sites (N-methyl/N-ethyl adjacent to an activating group) is 1. The first-order chi connectivity index (χ1) is 8.66. The van der Waals surface area contributed by atoms with Gasteiger partial charge < -0.3 is 4.98 Å². The molecule has 0 bridgehead atoms. The Morgan fingerprint density at radius 3 is 2.56 bits per heavy atom. The molecule has 1 aliphatic heterocycles. The van der Waals surface area contributed by atoms with Gasteiger partial charge in [0.25, 0.3) is 0 Å². The Morgan fingerprint density at radius 2 is 1.83 bits per heavy atom. The zero-order chi connectivity index (χ0) is 12.7. The summed E-state index contributed by atoms with van der Waals surface area (Å²) >= 11 is 0. The second-order valence-corrected chi connectivity index (χ2v) is 4.83. The van der Waals surface area contributed by atoms with Crippen molar-refractivity contribution in [2.75, 3.05) is 20.1 Å². The van der Waals surface area contributed by atoms with E-state index < -0.39 is 5.92 Å². The third-order valence-electron chi connectivity index (χ3n) is 3.43. The molecule has 4 nitrogen and oxygen atoms in total. The highest BCUT2D eigenvalue weighted by Gasteiger charge is 2.35. The zero-order valence-electron chi connectivity index (χ0n) is 10.1. The number of carbonyl (C=O) groups is 2. The van der Waals surface area contributed by atoms with Crippen molar-refractivity contribution in [3.8, 4) is 0 Å². The number of rotatable bonds is 1. The first-order valence-corrected chi connectivity index (χ1v) is 5.97. The normalized spacial score (nSPS) is 18.7. The molecule has 1 saturated heterocycles. The Bertz CT molecular complexity index is 612. The number of H-pyrrole nitrogens is 1. The van der Waals surface area contributed by atoms with Gasteiger partial charge in [0.15, 0.2) is 11.6 Å². The number of aromatic nitrogens is 1. The van der Waals surface area contributed by atoms with Crippen LogP contribution in [0.5, 0.6) is 0 Å². The number of hydrogen-bond donors (Lipinski definition) is 1. The lowest BCUT2D eigenvalue weighted by atomic mass is 9.87. The summed E-state index contributed by atoms with van der Waals surface area (Å²) in [6.07, 6.45) is 1.79. The average Bonchev–Trinajstić information content (AvgIpc) is 2.72. The van der Waals surface area contributed by atoms with Crippen molar-refractivity contribution in [2.24, 2.45) is 0 Å². The Kier molecular flexibility index (Phi) is 2.52. The maximum atomic E-state index is 12.1. The van der Waals surface area contributed by atoms with E-state index in [1.807, 2.05) is 24.3 Å². The highest BCUT2D eigenvalue weighted by atomic mass is 16.2. The fourth-order valence-electron chi connectivity index (χ4n) is 2.63. The fourth-order valence-corrected chi connectivity index (χ4v) is 2.63. The molecule has 0 spiro atoms. The van der Waals surface area contributed by atoms with Crippen molar-refractivity contribution >= 4 is 22.5 Å². The largest absolute Gasteiger partial charge is 0.361 e. The van der Waals surface area contributed by atoms with E-state index in [9.17, 15) is 9.59 Å². The molecule has 1 aromatic heterocycles. The van der Waals surface area contributed by atoms with Gasteiger partial charge >= 0.3 is 0 Å². The molecule has 4 heteroatoms. The van der Waals surface area contributed by atoms with E-state index in [1.165, 1.54) is 0 Å². The number of fused-ring (bicyclic) bond motifs is 1. The van der Waals surface area contributed by atoms with E-state index in [1.54, 1.807) is 18.1 Å². The van der Waals surface area contributed by atoms with E-state index in [0.29, 0.717) is 13.1 Å². The van der Waals surface area contributed by atoms with Crippen molar-refractivity contribution < 1.29 is 9.59 Å². The summed E-state index contributed by atoms with van der Waals surface area (Å²) in [5, 5.41) is 0.966. The molecule has 2 heterocycles. The number of nitrogens with one attached hydrogen (secondary N) is 1. The molecular weight excluding hydrogens is 228 g/mol. The number of Topliss-reactive ketones (excluding diaryl/α,β-unsaturated/α-hetero) is 2. The van der Waals surface area contributed by atoms with Crippen LogP contribution in [0.2, 0.25) is 0 Å². The van der Waals surface area contributed by atoms with E-state index in [-0.39, 0.29) is 11.6 Å². The highest BCUT2D eigenvalue weighted by Crippen LogP contribution is 2.29. The van der Waals surface area contributed by atoms with Gasteiger partial charge in [0, 0.05) is 17.1 Å². The quantitative estimate of drug-likeness (QED) is 0.768. The van der Waals surface area contributed by atoms with E-state index in [4.69, 9.17) is 0 Å². The second-order valence-electron chi connectivity index (χ2n) is 4.83. The smallest absolute Gasteiger partial charge is 0.161 e. The van der Waals surface area contributed by atoms with Gasteiger partial charge in [0.1, 0.15) is 5.92 Å². The Balaban J connectivity index is 2.09. The van der Waals surface area contributed by atoms with Gasteiger partial charge in [-0.1, -0.05) is 18.2 Å². The fraction of sp³-hybridized carbons (Fsp3) is 0.286. The number of ketones is 2. The predicted octanol–water partition coefficient (Wildman–Crippen LogP) is 1.34. The minimum absolute atomic E-state index is 0.0153. The second kappa shape index (κ2) is 4.07. The molecule has 0 aliphatic carbocycles. The van der Waals surface area contributed by atoms with E-state index in [0.717, 1.165) is 16.5 Å². The average molecular weight is 242 g/mol. The zero-order valence-corrected chi connectivity index (χ0v) is 10.1. The monoisotopic (exact) mass is 242 g/mol. The van der Waals surface area contributed by atoms with Gasteiger partial charge in [-0.05, 0) is 18.7 Å². The number of benzene rings is 1. The van der Waals surface area contributed by atoms with Crippen LogP contribution in [0.15, 0.2) is 30.5 Å². The van der Waals surface area contributed by atoms with E-state index >= 15 is 0 Å². The number of carbonyl (C=O) groups excluding carboxylic acids is 2. The molecule has 0 saturated carbocycles. The summed E-state index contributed by atoms with van der Waals surface area (Å²) in [5.41, 5.74) is 1.78. The van der Waals surface area contributed by atoms with Crippen molar-refractivity contribution in [1.82, 2.24) is 9.88 Å². The lowest BCUT2D eigenvalue weighted by molar-refractivity contribution is -0.134. The van der Waals surface area contributed by atoms with Crippen molar-refractivity contribution in [2.45, 2.75) is 5.92 Å². The third kappa shape index (κ3) is 1.66. The Labute approximate surface area is 105 Å². The molecule has 1 aromatic carbocycles. The van der Waals surface area contributed by atoms with Gasteiger partial charge in [-0.15, -0.1) is 0 Å². The van der Waals surface area contributed by atoms with Crippen molar-refractivity contribution in [3.05, 3.63) is 36.0 Å². The van der Waals surface area contributed by atoms with Crippen LogP contribution in [0.1, 0.15) is 11.5 Å². The third-order valence-corrected chi connectivity index (χ3v) is 3.43. The summed E-state index contributed by atoms with van der Waals surface area (Å²) in [6.45, 7) is 0.686. The SMILES string of the molecule is CN1CC(=O)C(c2c[nH]c3ccccc23)C(=O)C1. The summed E-state index contributed by atoms with van der Waals surface area (Å²) in [4.78, 5) is 29.0. The standard InChI is InChI=1S/C14H14N2O2/c1-16-7-12(17)14(13(18)8-16)10-6-15-11-5-3-2-4-9(10)11/h2-6,14-15H,7-8H2,1H3. The molecule has 1 N–H and O–H groups in total. The number of piperidine rings is 1. The van der Waals surface area contributed by atoms with Gasteiger partial charge in [0.05, 0.1) is 13.1 Å². The van der Waals surface area contributed by atoms with Crippen LogP contribution in [0.25, 0.3) is 10.9 Å². The molecule has 3 rings (SSSR count). The summed E-state index contributed by atoms with van der Waals surface area (Å²) < 4.78 is 0. The number of nitrogens with zero attached hydrogens (tertiary/aromatic N) is 1. The first-order valence-electron chi connectivity index (χ1n) is 5.97. The van der Waals surface area contributed by atoms with Crippen molar-refractivity contribution in [1.29, 1.82) is 0 Å². The number of aromatic amines is 1. The van der Waals surface area contributed by atoms with Crippen LogP contribution >= 0.6 is 0 Å². The van der Waals surface area contributed by atoms with Crippen LogP contribution < -0.4 is 0 Å². The van der Waals surface area contributed by atoms with Gasteiger partial charge in [-0.25, -0.2) is 0 Å². The Hall–Kier alpha value is -1.94. The van der Waals surface area contributed by atoms with Crippen LogP contribution in [0, 0.1) is 0 Å². The van der Waals surface area contributed by atoms with Crippen LogP contribution in [-0.4, -0.2) is 41.6 Å². The number of para-hydroxylation sites is 1. The maximum Gasteiger partial charge on any atom is 0.161 e. The summed E-state index contributed by atoms with van der Waals surface area (Å²) in [6, 6.07) is 7.74. The molecule has 18 heavy (non-hydrogen) atoms. The molecule has 1 fully saturated rings. The lowest BCUT2D eigenvalue weighted by Crippen LogP contribution is -2.44. The molecule has 2 aromatic rings. The molecule has 0 unspecified atom stereocenters. The molecule has 0 amide bonds. The molecule has 0 atom stereocenters. The molecule has 0 radical (unpaired) electrons. The van der Waals surface area contributed by atoms with Crippen LogP contribution in [0.4, 0.5) is 0 Å². The van der Waals surface area contributed by atoms with Crippen LogP contribution in [-0.2, 0) is 9.59 Å². The highest BCUT2D eigenvalue weighted by molar-refractivity contribution is 6.13. The van der Waals surface area contributed by atoms with Gasteiger partial charge in [-0.2, -0.15) is 0 Å². The molecular formula is C14H14N2O2. The summed E-state index contributed by atoms with van der Waals surface area (Å²) in [7, 11) is 1.79. The van der Waals surface area contributed by atoms with E-state index in [2.05, 4.69) is 4.98 Å². The maximum absolute atomic E-state index is 12.1.